The third kappa shape index (κ3) is 3.02. The van der Waals surface area contributed by atoms with Crippen molar-refractivity contribution in [1.82, 2.24) is 4.98 Å². The van der Waals surface area contributed by atoms with Crippen LogP contribution in [-0.4, -0.2) is 18.1 Å². The molecule has 1 aliphatic carbocycles. The number of aromatic nitrogens is 1. The van der Waals surface area contributed by atoms with E-state index in [0.717, 1.165) is 24.6 Å². The Labute approximate surface area is 110 Å². The van der Waals surface area contributed by atoms with Gasteiger partial charge in [-0.25, -0.2) is 0 Å². The van der Waals surface area contributed by atoms with Crippen molar-refractivity contribution in [3.8, 4) is 0 Å². The second kappa shape index (κ2) is 6.19. The molecule has 0 bridgehead atoms. The van der Waals surface area contributed by atoms with E-state index in [0.29, 0.717) is 0 Å². The molecule has 2 N–H and O–H groups in total. The molecule has 0 spiro atoms. The molecule has 0 aliphatic heterocycles. The molecule has 0 radical (unpaired) electrons. The largest absolute Gasteiger partial charge is 0.370 e. The molecule has 1 aromatic heterocycles. The summed E-state index contributed by atoms with van der Waals surface area (Å²) in [5.41, 5.74) is 8.22. The molecule has 1 heterocycles. The minimum atomic E-state index is 0.0701. The van der Waals surface area contributed by atoms with Gasteiger partial charge in [-0.2, -0.15) is 0 Å². The lowest BCUT2D eigenvalue weighted by atomic mass is 9.85. The monoisotopic (exact) mass is 247 g/mol. The van der Waals surface area contributed by atoms with Crippen molar-refractivity contribution in [2.24, 2.45) is 11.7 Å². The fourth-order valence-corrected chi connectivity index (χ4v) is 2.42. The van der Waals surface area contributed by atoms with Gasteiger partial charge in [-0.15, -0.1) is 0 Å². The van der Waals surface area contributed by atoms with Crippen molar-refractivity contribution in [2.75, 3.05) is 18.0 Å². The summed E-state index contributed by atoms with van der Waals surface area (Å²) in [6, 6.07) is 4.31. The highest BCUT2D eigenvalue weighted by atomic mass is 15.1. The van der Waals surface area contributed by atoms with Gasteiger partial charge in [0.05, 0.1) is 17.6 Å². The maximum absolute atomic E-state index is 5.99. The van der Waals surface area contributed by atoms with E-state index in [1.807, 2.05) is 6.20 Å². The van der Waals surface area contributed by atoms with E-state index < -0.39 is 0 Å². The molecule has 1 saturated carbocycles. The van der Waals surface area contributed by atoms with Crippen molar-refractivity contribution in [3.05, 3.63) is 24.0 Å². The van der Waals surface area contributed by atoms with Crippen LogP contribution < -0.4 is 10.6 Å². The van der Waals surface area contributed by atoms with Crippen LogP contribution in [0.4, 0.5) is 5.69 Å². The summed E-state index contributed by atoms with van der Waals surface area (Å²) in [7, 11) is 0. The van der Waals surface area contributed by atoms with Gasteiger partial charge >= 0.3 is 0 Å². The van der Waals surface area contributed by atoms with Crippen molar-refractivity contribution in [3.63, 3.8) is 0 Å². The lowest BCUT2D eigenvalue weighted by Gasteiger charge is -2.33. The lowest BCUT2D eigenvalue weighted by Crippen LogP contribution is -2.32. The highest BCUT2D eigenvalue weighted by Crippen LogP contribution is 2.28. The molecule has 3 nitrogen and oxygen atoms in total. The fourth-order valence-electron chi connectivity index (χ4n) is 2.42. The maximum Gasteiger partial charge on any atom is 0.0572 e. The first-order valence-electron chi connectivity index (χ1n) is 7.21. The van der Waals surface area contributed by atoms with Gasteiger partial charge in [-0.1, -0.05) is 13.3 Å². The predicted octanol–water partition coefficient (Wildman–Crippen LogP) is 3.12. The van der Waals surface area contributed by atoms with Crippen LogP contribution in [-0.2, 0) is 0 Å². The van der Waals surface area contributed by atoms with Crippen LogP contribution in [0.5, 0.6) is 0 Å². The normalized spacial score (nSPS) is 17.3. The highest BCUT2D eigenvalue weighted by Gasteiger charge is 2.20. The van der Waals surface area contributed by atoms with E-state index in [2.05, 4.69) is 35.9 Å². The topological polar surface area (TPSA) is 42.1 Å². The molecule has 2 rings (SSSR count). The predicted molar refractivity (Wildman–Crippen MR) is 76.7 cm³/mol. The van der Waals surface area contributed by atoms with E-state index in [4.69, 9.17) is 5.73 Å². The van der Waals surface area contributed by atoms with Crippen LogP contribution in [0.25, 0.3) is 0 Å². The molecular formula is C15H25N3. The Balaban J connectivity index is 2.01. The van der Waals surface area contributed by atoms with E-state index in [-0.39, 0.29) is 6.04 Å². The molecule has 1 aromatic rings. The number of nitrogens with two attached hydrogens (primary N) is 1. The fraction of sp³-hybridized carbons (Fsp3) is 0.667. The number of anilines is 1. The lowest BCUT2D eigenvalue weighted by molar-refractivity contribution is 0.318. The first-order chi connectivity index (χ1) is 8.74. The Bertz CT molecular complexity index is 357. The van der Waals surface area contributed by atoms with Crippen LogP contribution in [0.1, 0.15) is 51.3 Å². The molecule has 0 amide bonds. The van der Waals surface area contributed by atoms with Crippen LogP contribution in [0.15, 0.2) is 18.3 Å². The zero-order valence-electron chi connectivity index (χ0n) is 11.6. The zero-order valence-corrected chi connectivity index (χ0v) is 11.6. The molecule has 1 aliphatic rings. The molecule has 3 heteroatoms. The van der Waals surface area contributed by atoms with Crippen LogP contribution in [0.2, 0.25) is 0 Å². The summed E-state index contributed by atoms with van der Waals surface area (Å²) in [6.07, 6.45) is 7.11. The Morgan fingerprint density at radius 3 is 2.61 bits per heavy atom. The Hall–Kier alpha value is -1.09. The minimum Gasteiger partial charge on any atom is -0.370 e. The van der Waals surface area contributed by atoms with Crippen molar-refractivity contribution >= 4 is 5.69 Å². The average Bonchev–Trinajstić information content (AvgIpc) is 2.37. The molecule has 1 fully saturated rings. The standard InChI is InChI=1S/C15H25N3/c1-3-14(16)15-9-8-13(10-17-15)18(4-2)11-12-6-5-7-12/h8-10,12,14H,3-7,11,16H2,1-2H3/t14-/m1/s1. The second-order valence-electron chi connectivity index (χ2n) is 5.29. The Morgan fingerprint density at radius 2 is 2.17 bits per heavy atom. The first kappa shape index (κ1) is 13.3. The van der Waals surface area contributed by atoms with Crippen LogP contribution in [0, 0.1) is 5.92 Å². The van der Waals surface area contributed by atoms with Gasteiger partial charge in [-0.3, -0.25) is 4.98 Å². The van der Waals surface area contributed by atoms with E-state index in [9.17, 15) is 0 Å². The van der Waals surface area contributed by atoms with Gasteiger partial charge in [-0.05, 0) is 44.2 Å². The molecule has 1 atom stereocenters. The number of nitrogens with zero attached hydrogens (tertiary/aromatic N) is 2. The van der Waals surface area contributed by atoms with Crippen molar-refractivity contribution in [1.29, 1.82) is 0 Å². The van der Waals surface area contributed by atoms with Gasteiger partial charge in [0.15, 0.2) is 0 Å². The number of pyridine rings is 1. The Kier molecular flexibility index (Phi) is 4.59. The number of rotatable bonds is 6. The highest BCUT2D eigenvalue weighted by molar-refractivity contribution is 5.44. The quantitative estimate of drug-likeness (QED) is 0.840. The van der Waals surface area contributed by atoms with Gasteiger partial charge in [0.25, 0.3) is 0 Å². The molecule has 0 aromatic carbocycles. The summed E-state index contributed by atoms with van der Waals surface area (Å²) < 4.78 is 0. The van der Waals surface area contributed by atoms with Gasteiger partial charge in [0.2, 0.25) is 0 Å². The van der Waals surface area contributed by atoms with Gasteiger partial charge in [0.1, 0.15) is 0 Å². The second-order valence-corrected chi connectivity index (χ2v) is 5.29. The van der Waals surface area contributed by atoms with E-state index >= 15 is 0 Å². The molecule has 0 saturated heterocycles. The average molecular weight is 247 g/mol. The summed E-state index contributed by atoms with van der Waals surface area (Å²) in [5.74, 6) is 0.891. The molecule has 100 valence electrons. The van der Waals surface area contributed by atoms with Gasteiger partial charge < -0.3 is 10.6 Å². The van der Waals surface area contributed by atoms with Crippen LogP contribution in [0.3, 0.4) is 0 Å². The third-order valence-corrected chi connectivity index (χ3v) is 4.04. The Morgan fingerprint density at radius 1 is 1.39 bits per heavy atom. The SMILES string of the molecule is CC[C@@H](N)c1ccc(N(CC)CC2CCC2)cn1. The number of hydrogen-bond acceptors (Lipinski definition) is 3. The smallest absolute Gasteiger partial charge is 0.0572 e. The van der Waals surface area contributed by atoms with Crippen molar-refractivity contribution < 1.29 is 0 Å². The first-order valence-corrected chi connectivity index (χ1v) is 7.21. The number of hydrogen-bond donors (Lipinski definition) is 1. The maximum atomic E-state index is 5.99. The summed E-state index contributed by atoms with van der Waals surface area (Å²) >= 11 is 0. The minimum absolute atomic E-state index is 0.0701. The zero-order chi connectivity index (χ0) is 13.0. The molecular weight excluding hydrogens is 222 g/mol. The summed E-state index contributed by atoms with van der Waals surface area (Å²) in [4.78, 5) is 6.93. The summed E-state index contributed by atoms with van der Waals surface area (Å²) in [6.45, 7) is 6.54. The van der Waals surface area contributed by atoms with Gasteiger partial charge in [0, 0.05) is 19.1 Å². The molecule has 18 heavy (non-hydrogen) atoms. The van der Waals surface area contributed by atoms with Crippen molar-refractivity contribution in [2.45, 2.75) is 45.6 Å². The van der Waals surface area contributed by atoms with Crippen LogP contribution >= 0.6 is 0 Å². The third-order valence-electron chi connectivity index (χ3n) is 4.04. The van der Waals surface area contributed by atoms with E-state index in [1.165, 1.54) is 31.5 Å². The molecule has 0 unspecified atom stereocenters. The van der Waals surface area contributed by atoms with E-state index in [1.54, 1.807) is 0 Å². The summed E-state index contributed by atoms with van der Waals surface area (Å²) in [5, 5.41) is 0.